The number of hydrogen-bond acceptors (Lipinski definition) is 3. The molecule has 0 fully saturated rings. The van der Waals surface area contributed by atoms with Crippen molar-refractivity contribution < 1.29 is 8.42 Å². The Bertz CT molecular complexity index is 551. The van der Waals surface area contributed by atoms with Crippen LogP contribution in [-0.2, 0) is 9.84 Å². The molecule has 1 heterocycles. The van der Waals surface area contributed by atoms with Crippen molar-refractivity contribution in [2.24, 2.45) is 5.92 Å². The third-order valence-corrected chi connectivity index (χ3v) is 5.78. The molecule has 2 atom stereocenters. The van der Waals surface area contributed by atoms with Gasteiger partial charge >= 0.3 is 0 Å². The lowest BCUT2D eigenvalue weighted by atomic mass is 10.00. The third-order valence-electron chi connectivity index (χ3n) is 3.97. The van der Waals surface area contributed by atoms with E-state index in [0.29, 0.717) is 23.3 Å². The summed E-state index contributed by atoms with van der Waals surface area (Å²) in [6.07, 6.45) is 3.00. The lowest BCUT2D eigenvalue weighted by Crippen LogP contribution is -2.35. The van der Waals surface area contributed by atoms with Gasteiger partial charge in [-0.1, -0.05) is 32.0 Å². The van der Waals surface area contributed by atoms with Gasteiger partial charge in [0, 0.05) is 12.1 Å². The molecule has 112 valence electrons. The van der Waals surface area contributed by atoms with E-state index < -0.39 is 9.84 Å². The number of hydrogen-bond donors (Lipinski definition) is 1. The molecule has 0 aromatic heterocycles. The zero-order chi connectivity index (χ0) is 14.8. The lowest BCUT2D eigenvalue weighted by molar-refractivity contribution is 0.391. The highest BCUT2D eigenvalue weighted by Gasteiger charge is 2.30. The fraction of sp³-hybridized carbons (Fsp3) is 0.625. The Balaban J connectivity index is 2.11. The van der Waals surface area contributed by atoms with Gasteiger partial charge in [-0.3, -0.25) is 0 Å². The summed E-state index contributed by atoms with van der Waals surface area (Å²) in [5.74, 6) is 0.955. The first kappa shape index (κ1) is 15.5. The first-order valence-corrected chi connectivity index (χ1v) is 9.13. The maximum atomic E-state index is 12.1. The fourth-order valence-electron chi connectivity index (χ4n) is 2.77. The van der Waals surface area contributed by atoms with Crippen LogP contribution >= 0.6 is 0 Å². The van der Waals surface area contributed by atoms with Crippen LogP contribution in [0.2, 0.25) is 0 Å². The number of benzene rings is 1. The highest BCUT2D eigenvalue weighted by Crippen LogP contribution is 2.32. The van der Waals surface area contributed by atoms with Crippen LogP contribution in [0.4, 0.5) is 0 Å². The van der Waals surface area contributed by atoms with E-state index >= 15 is 0 Å². The minimum Gasteiger partial charge on any atom is -0.307 e. The van der Waals surface area contributed by atoms with Gasteiger partial charge < -0.3 is 5.32 Å². The highest BCUT2D eigenvalue weighted by molar-refractivity contribution is 7.91. The molecule has 2 unspecified atom stereocenters. The van der Waals surface area contributed by atoms with Gasteiger partial charge in [-0.2, -0.15) is 0 Å². The van der Waals surface area contributed by atoms with Crippen LogP contribution in [0.1, 0.15) is 51.6 Å². The Labute approximate surface area is 122 Å². The summed E-state index contributed by atoms with van der Waals surface area (Å²) < 4.78 is 24.2. The summed E-state index contributed by atoms with van der Waals surface area (Å²) in [7, 11) is -3.08. The van der Waals surface area contributed by atoms with Gasteiger partial charge in [-0.05, 0) is 43.7 Å². The molecule has 4 heteroatoms. The molecule has 0 spiro atoms. The zero-order valence-electron chi connectivity index (χ0n) is 12.6. The maximum Gasteiger partial charge on any atom is 0.178 e. The second kappa shape index (κ2) is 6.27. The van der Waals surface area contributed by atoms with Crippen molar-refractivity contribution in [3.05, 3.63) is 29.8 Å². The zero-order valence-corrected chi connectivity index (χ0v) is 13.4. The molecule has 20 heavy (non-hydrogen) atoms. The van der Waals surface area contributed by atoms with E-state index in [1.54, 1.807) is 12.1 Å². The molecule has 1 aromatic carbocycles. The molecule has 0 amide bonds. The first-order valence-electron chi connectivity index (χ1n) is 7.48. The molecule has 0 saturated heterocycles. The van der Waals surface area contributed by atoms with Crippen molar-refractivity contribution in [1.82, 2.24) is 5.32 Å². The minimum absolute atomic E-state index is 0.164. The predicted octanol–water partition coefficient (Wildman–Crippen LogP) is 3.32. The number of nitrogens with one attached hydrogen (secondary N) is 1. The van der Waals surface area contributed by atoms with Gasteiger partial charge in [-0.25, -0.2) is 8.42 Å². The Hall–Kier alpha value is -0.870. The van der Waals surface area contributed by atoms with Crippen LogP contribution in [0, 0.1) is 5.92 Å². The van der Waals surface area contributed by atoms with Crippen LogP contribution in [0.5, 0.6) is 0 Å². The SMILES string of the molecule is CC(C)CCC(C)NC1CCS(=O)(=O)c2ccccc21. The van der Waals surface area contributed by atoms with Crippen LogP contribution in [0.25, 0.3) is 0 Å². The average Bonchev–Trinajstić information content (AvgIpc) is 2.40. The molecule has 2 rings (SSSR count). The number of rotatable bonds is 5. The van der Waals surface area contributed by atoms with Crippen molar-refractivity contribution >= 4 is 9.84 Å². The molecule has 1 aromatic rings. The quantitative estimate of drug-likeness (QED) is 0.906. The van der Waals surface area contributed by atoms with Gasteiger partial charge in [0.15, 0.2) is 9.84 Å². The Kier molecular flexibility index (Phi) is 4.86. The van der Waals surface area contributed by atoms with E-state index in [1.807, 2.05) is 12.1 Å². The summed E-state index contributed by atoms with van der Waals surface area (Å²) in [4.78, 5) is 0.514. The molecular formula is C16H25NO2S. The van der Waals surface area contributed by atoms with Crippen molar-refractivity contribution in [3.8, 4) is 0 Å². The number of sulfone groups is 1. The largest absolute Gasteiger partial charge is 0.307 e. The first-order chi connectivity index (χ1) is 9.40. The Morgan fingerprint density at radius 2 is 1.90 bits per heavy atom. The Morgan fingerprint density at radius 3 is 2.60 bits per heavy atom. The average molecular weight is 295 g/mol. The highest BCUT2D eigenvalue weighted by atomic mass is 32.2. The standard InChI is InChI=1S/C16H25NO2S/c1-12(2)8-9-13(3)17-15-10-11-20(18,19)16-7-5-4-6-14(15)16/h4-7,12-13,15,17H,8-11H2,1-3H3. The molecule has 0 radical (unpaired) electrons. The van der Waals surface area contributed by atoms with E-state index in [4.69, 9.17) is 0 Å². The maximum absolute atomic E-state index is 12.1. The second-order valence-corrected chi connectivity index (χ2v) is 8.31. The molecule has 1 aliphatic rings. The van der Waals surface area contributed by atoms with Crippen LogP contribution in [0.3, 0.4) is 0 Å². The van der Waals surface area contributed by atoms with Crippen molar-refractivity contribution in [3.63, 3.8) is 0 Å². The van der Waals surface area contributed by atoms with E-state index in [-0.39, 0.29) is 11.8 Å². The molecule has 0 bridgehead atoms. The lowest BCUT2D eigenvalue weighted by Gasteiger charge is -2.29. The van der Waals surface area contributed by atoms with E-state index in [0.717, 1.165) is 12.0 Å². The molecule has 0 aliphatic carbocycles. The van der Waals surface area contributed by atoms with Crippen LogP contribution < -0.4 is 5.32 Å². The van der Waals surface area contributed by atoms with Gasteiger partial charge in [0.25, 0.3) is 0 Å². The fourth-order valence-corrected chi connectivity index (χ4v) is 4.39. The van der Waals surface area contributed by atoms with Crippen molar-refractivity contribution in [2.45, 2.75) is 57.0 Å². The molecule has 1 N–H and O–H groups in total. The normalized spacial score (nSPS) is 22.5. The third kappa shape index (κ3) is 3.61. The van der Waals surface area contributed by atoms with Gasteiger partial charge in [-0.15, -0.1) is 0 Å². The summed E-state index contributed by atoms with van der Waals surface area (Å²) >= 11 is 0. The van der Waals surface area contributed by atoms with E-state index in [2.05, 4.69) is 26.1 Å². The van der Waals surface area contributed by atoms with Crippen LogP contribution in [-0.4, -0.2) is 20.2 Å². The summed E-state index contributed by atoms with van der Waals surface area (Å²) in [6.45, 7) is 6.65. The minimum atomic E-state index is -3.08. The van der Waals surface area contributed by atoms with Crippen molar-refractivity contribution in [1.29, 1.82) is 0 Å². The molecule has 0 saturated carbocycles. The van der Waals surface area contributed by atoms with E-state index in [9.17, 15) is 8.42 Å². The van der Waals surface area contributed by atoms with Gasteiger partial charge in [0.1, 0.15) is 0 Å². The smallest absolute Gasteiger partial charge is 0.178 e. The van der Waals surface area contributed by atoms with Crippen molar-refractivity contribution in [2.75, 3.05) is 5.75 Å². The van der Waals surface area contributed by atoms with Gasteiger partial charge in [0.05, 0.1) is 10.6 Å². The predicted molar refractivity (Wildman–Crippen MR) is 82.5 cm³/mol. The molecular weight excluding hydrogens is 270 g/mol. The van der Waals surface area contributed by atoms with Crippen LogP contribution in [0.15, 0.2) is 29.2 Å². The summed E-state index contributed by atoms with van der Waals surface area (Å²) in [6, 6.07) is 7.98. The van der Waals surface area contributed by atoms with E-state index in [1.165, 1.54) is 6.42 Å². The monoisotopic (exact) mass is 295 g/mol. The summed E-state index contributed by atoms with van der Waals surface area (Å²) in [5.41, 5.74) is 0.940. The molecule has 3 nitrogen and oxygen atoms in total. The summed E-state index contributed by atoms with van der Waals surface area (Å²) in [5, 5.41) is 3.60. The Morgan fingerprint density at radius 1 is 1.20 bits per heavy atom. The van der Waals surface area contributed by atoms with Gasteiger partial charge in [0.2, 0.25) is 0 Å². The molecule has 1 aliphatic heterocycles. The second-order valence-electron chi connectivity index (χ2n) is 6.24. The topological polar surface area (TPSA) is 46.2 Å². The number of fused-ring (bicyclic) bond motifs is 1.